The molecular weight excluding hydrogens is 336 g/mol. The van der Waals surface area contributed by atoms with Crippen LogP contribution >= 0.6 is 0 Å². The average molecular weight is 364 g/mol. The van der Waals surface area contributed by atoms with Crippen molar-refractivity contribution in [2.24, 2.45) is 0 Å². The zero-order valence-electron chi connectivity index (χ0n) is 15.9. The van der Waals surface area contributed by atoms with E-state index in [1.807, 2.05) is 53.4 Å². The Labute approximate surface area is 161 Å². The number of carbonyl (C=O) groups excluding carboxylic acids is 2. The third kappa shape index (κ3) is 5.19. The van der Waals surface area contributed by atoms with E-state index in [1.165, 1.54) is 5.56 Å². The van der Waals surface area contributed by atoms with Crippen LogP contribution in [0.4, 0.5) is 0 Å². The molecule has 1 saturated carbocycles. The highest BCUT2D eigenvalue weighted by atomic mass is 16.2. The molecule has 4 nitrogen and oxygen atoms in total. The maximum atomic E-state index is 13.3. The molecule has 0 saturated heterocycles. The molecule has 0 unspecified atom stereocenters. The van der Waals surface area contributed by atoms with E-state index in [0.717, 1.165) is 32.1 Å². The zero-order chi connectivity index (χ0) is 19.1. The molecule has 0 aromatic heterocycles. The van der Waals surface area contributed by atoms with Crippen molar-refractivity contribution in [2.75, 3.05) is 6.54 Å². The number of nitrogens with one attached hydrogen (secondary N) is 1. The van der Waals surface area contributed by atoms with Gasteiger partial charge in [-0.3, -0.25) is 9.59 Å². The Morgan fingerprint density at radius 2 is 1.59 bits per heavy atom. The monoisotopic (exact) mass is 364 g/mol. The molecule has 0 heterocycles. The summed E-state index contributed by atoms with van der Waals surface area (Å²) >= 11 is 0. The van der Waals surface area contributed by atoms with E-state index in [9.17, 15) is 9.59 Å². The molecule has 142 valence electrons. The van der Waals surface area contributed by atoms with Crippen LogP contribution in [0.5, 0.6) is 0 Å². The Hall–Kier alpha value is -2.62. The summed E-state index contributed by atoms with van der Waals surface area (Å²) in [6.45, 7) is 2.21. The second kappa shape index (κ2) is 9.36. The topological polar surface area (TPSA) is 49.4 Å². The van der Waals surface area contributed by atoms with E-state index in [4.69, 9.17) is 0 Å². The molecular formula is C23H28N2O2. The second-order valence-corrected chi connectivity index (χ2v) is 7.26. The average Bonchev–Trinajstić information content (AvgIpc) is 2.70. The summed E-state index contributed by atoms with van der Waals surface area (Å²) in [5.74, 6) is 0.0239. The number of benzene rings is 2. The Bertz CT molecular complexity index is 745. The standard InChI is InChI=1S/C23H28N2O2/c1-18(26)24-21-14-8-9-15-22(21)25(17-16-19-10-4-2-5-11-19)23(27)20-12-6-3-7-13-20/h2-7,10-13,21-22H,8-9,14-17H2,1H3,(H,24,26)/t21-,22+/m0/s1. The van der Waals surface area contributed by atoms with Crippen molar-refractivity contribution in [3.05, 3.63) is 71.8 Å². The Balaban J connectivity index is 1.83. The van der Waals surface area contributed by atoms with Gasteiger partial charge < -0.3 is 10.2 Å². The van der Waals surface area contributed by atoms with Crippen LogP contribution in [0.25, 0.3) is 0 Å². The van der Waals surface area contributed by atoms with Crippen molar-refractivity contribution < 1.29 is 9.59 Å². The van der Waals surface area contributed by atoms with Gasteiger partial charge in [-0.05, 0) is 37.0 Å². The van der Waals surface area contributed by atoms with Crippen LogP contribution in [0.3, 0.4) is 0 Å². The molecule has 2 aromatic carbocycles. The number of nitrogens with zero attached hydrogens (tertiary/aromatic N) is 1. The number of rotatable bonds is 6. The number of hydrogen-bond donors (Lipinski definition) is 1. The smallest absolute Gasteiger partial charge is 0.254 e. The number of amides is 2. The second-order valence-electron chi connectivity index (χ2n) is 7.26. The lowest BCUT2D eigenvalue weighted by Gasteiger charge is -2.40. The van der Waals surface area contributed by atoms with E-state index in [2.05, 4.69) is 17.4 Å². The highest BCUT2D eigenvalue weighted by Gasteiger charge is 2.33. The summed E-state index contributed by atoms with van der Waals surface area (Å²) in [6, 6.07) is 19.8. The van der Waals surface area contributed by atoms with Gasteiger partial charge in [0.15, 0.2) is 0 Å². The minimum absolute atomic E-state index is 0.0259. The highest BCUT2D eigenvalue weighted by Crippen LogP contribution is 2.25. The van der Waals surface area contributed by atoms with Gasteiger partial charge in [0, 0.05) is 25.1 Å². The van der Waals surface area contributed by atoms with Gasteiger partial charge in [-0.1, -0.05) is 61.4 Å². The maximum absolute atomic E-state index is 13.3. The SMILES string of the molecule is CC(=O)N[C@H]1CCCC[C@H]1N(CCc1ccccc1)C(=O)c1ccccc1. The van der Waals surface area contributed by atoms with Crippen molar-refractivity contribution in [1.82, 2.24) is 10.2 Å². The van der Waals surface area contributed by atoms with E-state index in [-0.39, 0.29) is 23.9 Å². The van der Waals surface area contributed by atoms with Crippen LogP contribution in [0.2, 0.25) is 0 Å². The van der Waals surface area contributed by atoms with Crippen molar-refractivity contribution in [1.29, 1.82) is 0 Å². The number of carbonyl (C=O) groups is 2. The Kier molecular flexibility index (Phi) is 6.64. The molecule has 1 aliphatic rings. The van der Waals surface area contributed by atoms with Gasteiger partial charge in [0.05, 0.1) is 6.04 Å². The van der Waals surface area contributed by atoms with Crippen LogP contribution in [0.1, 0.15) is 48.5 Å². The van der Waals surface area contributed by atoms with Gasteiger partial charge in [-0.2, -0.15) is 0 Å². The van der Waals surface area contributed by atoms with Gasteiger partial charge in [0.1, 0.15) is 0 Å². The van der Waals surface area contributed by atoms with Crippen molar-refractivity contribution in [2.45, 2.75) is 51.1 Å². The first-order valence-electron chi connectivity index (χ1n) is 9.82. The van der Waals surface area contributed by atoms with Crippen molar-refractivity contribution in [3.8, 4) is 0 Å². The fourth-order valence-electron chi connectivity index (χ4n) is 3.97. The largest absolute Gasteiger partial charge is 0.352 e. The summed E-state index contributed by atoms with van der Waals surface area (Å²) in [6.07, 6.45) is 4.84. The Morgan fingerprint density at radius 3 is 2.26 bits per heavy atom. The first-order valence-corrected chi connectivity index (χ1v) is 9.82. The van der Waals surface area contributed by atoms with Crippen LogP contribution in [0.15, 0.2) is 60.7 Å². The molecule has 27 heavy (non-hydrogen) atoms. The van der Waals surface area contributed by atoms with Crippen LogP contribution in [-0.4, -0.2) is 35.3 Å². The molecule has 0 radical (unpaired) electrons. The van der Waals surface area contributed by atoms with E-state index < -0.39 is 0 Å². The van der Waals surface area contributed by atoms with E-state index >= 15 is 0 Å². The summed E-state index contributed by atoms with van der Waals surface area (Å²) in [5, 5.41) is 3.08. The normalized spacial score (nSPS) is 19.3. The molecule has 0 spiro atoms. The molecule has 2 amide bonds. The minimum atomic E-state index is -0.0259. The fraction of sp³-hybridized carbons (Fsp3) is 0.391. The minimum Gasteiger partial charge on any atom is -0.352 e. The van der Waals surface area contributed by atoms with Gasteiger partial charge in [-0.25, -0.2) is 0 Å². The van der Waals surface area contributed by atoms with E-state index in [1.54, 1.807) is 6.92 Å². The molecule has 1 aliphatic carbocycles. The molecule has 3 rings (SSSR count). The lowest BCUT2D eigenvalue weighted by atomic mass is 9.88. The summed E-state index contributed by atoms with van der Waals surface area (Å²) in [5.41, 5.74) is 1.92. The molecule has 1 fully saturated rings. The molecule has 2 aromatic rings. The first kappa shape index (κ1) is 19.2. The summed E-state index contributed by atoms with van der Waals surface area (Å²) in [7, 11) is 0. The lowest BCUT2D eigenvalue weighted by molar-refractivity contribution is -0.120. The third-order valence-corrected chi connectivity index (χ3v) is 5.28. The molecule has 0 bridgehead atoms. The third-order valence-electron chi connectivity index (χ3n) is 5.28. The maximum Gasteiger partial charge on any atom is 0.254 e. The summed E-state index contributed by atoms with van der Waals surface area (Å²) in [4.78, 5) is 27.0. The quantitative estimate of drug-likeness (QED) is 0.847. The summed E-state index contributed by atoms with van der Waals surface area (Å²) < 4.78 is 0. The van der Waals surface area contributed by atoms with Gasteiger partial charge >= 0.3 is 0 Å². The molecule has 0 aliphatic heterocycles. The van der Waals surface area contributed by atoms with Crippen LogP contribution < -0.4 is 5.32 Å². The van der Waals surface area contributed by atoms with Gasteiger partial charge in [-0.15, -0.1) is 0 Å². The Morgan fingerprint density at radius 1 is 0.963 bits per heavy atom. The molecule has 2 atom stereocenters. The fourth-order valence-corrected chi connectivity index (χ4v) is 3.97. The molecule has 4 heteroatoms. The predicted octanol–water partition coefficient (Wildman–Crippen LogP) is 3.82. The lowest BCUT2D eigenvalue weighted by Crippen LogP contribution is -2.55. The number of hydrogen-bond acceptors (Lipinski definition) is 2. The van der Waals surface area contributed by atoms with Gasteiger partial charge in [0.2, 0.25) is 5.91 Å². The van der Waals surface area contributed by atoms with Gasteiger partial charge in [0.25, 0.3) is 5.91 Å². The first-order chi connectivity index (χ1) is 13.1. The predicted molar refractivity (Wildman–Crippen MR) is 107 cm³/mol. The zero-order valence-corrected chi connectivity index (χ0v) is 15.9. The van der Waals surface area contributed by atoms with Crippen molar-refractivity contribution >= 4 is 11.8 Å². The van der Waals surface area contributed by atoms with Crippen LogP contribution in [0, 0.1) is 0 Å². The van der Waals surface area contributed by atoms with Crippen molar-refractivity contribution in [3.63, 3.8) is 0 Å². The molecule has 1 N–H and O–H groups in total. The van der Waals surface area contributed by atoms with E-state index in [0.29, 0.717) is 12.1 Å². The highest BCUT2D eigenvalue weighted by molar-refractivity contribution is 5.94. The van der Waals surface area contributed by atoms with Crippen LogP contribution in [-0.2, 0) is 11.2 Å².